The largest absolute Gasteiger partial charge is 0.457 e. The van der Waals surface area contributed by atoms with Crippen LogP contribution in [0.2, 0.25) is 0 Å². The highest BCUT2D eigenvalue weighted by atomic mass is 79.9. The highest BCUT2D eigenvalue weighted by Crippen LogP contribution is 2.40. The summed E-state index contributed by atoms with van der Waals surface area (Å²) in [6.07, 6.45) is -13.0. The molecule has 138 valence electrons. The summed E-state index contributed by atoms with van der Waals surface area (Å²) in [5.74, 6) is -1.50. The van der Waals surface area contributed by atoms with Crippen molar-refractivity contribution in [1.82, 2.24) is 5.32 Å². The molecule has 0 bridgehead atoms. The van der Waals surface area contributed by atoms with Crippen LogP contribution < -0.4 is 5.32 Å². The fourth-order valence-electron chi connectivity index (χ4n) is 2.22. The molecule has 0 aliphatic carbocycles. The Morgan fingerprint density at radius 1 is 1.08 bits per heavy atom. The van der Waals surface area contributed by atoms with E-state index in [1.165, 1.54) is 31.2 Å². The van der Waals surface area contributed by atoms with E-state index >= 15 is 0 Å². The number of dihydropyridines is 1. The van der Waals surface area contributed by atoms with Gasteiger partial charge in [0.15, 0.2) is 5.88 Å². The molecule has 1 aliphatic heterocycles. The number of halogens is 8. The van der Waals surface area contributed by atoms with Crippen molar-refractivity contribution in [1.29, 1.82) is 0 Å². The number of nitrogens with one attached hydrogen (secondary N) is 1. The molecule has 25 heavy (non-hydrogen) atoms. The summed E-state index contributed by atoms with van der Waals surface area (Å²) < 4.78 is 92.6. The second-order valence-electron chi connectivity index (χ2n) is 5.29. The van der Waals surface area contributed by atoms with E-state index in [9.17, 15) is 30.7 Å². The summed E-state index contributed by atoms with van der Waals surface area (Å²) in [5, 5.41) is 2.33. The standard InChI is InChI=1S/C15H11BrF7NO/c1-8-6-11(25-12(14(18,19)20)15(21,22)23)24-13(16,7-8)9-4-2-3-5-10(9)17/h2-7,12,24H,1H3. The van der Waals surface area contributed by atoms with Gasteiger partial charge in [-0.2, -0.15) is 26.3 Å². The summed E-state index contributed by atoms with van der Waals surface area (Å²) in [6.45, 7) is 1.43. The second kappa shape index (κ2) is 6.54. The van der Waals surface area contributed by atoms with Gasteiger partial charge in [-0.3, -0.25) is 0 Å². The van der Waals surface area contributed by atoms with E-state index in [1.54, 1.807) is 0 Å². The maximum Gasteiger partial charge on any atom is 0.434 e. The number of rotatable bonds is 3. The summed E-state index contributed by atoms with van der Waals surface area (Å²) in [6, 6.07) is 5.30. The predicted octanol–water partition coefficient (Wildman–Crippen LogP) is 5.27. The molecule has 0 saturated heterocycles. The molecule has 1 atom stereocenters. The number of allylic oxidation sites excluding steroid dienone is 2. The molecule has 2 rings (SSSR count). The van der Waals surface area contributed by atoms with Crippen LogP contribution in [-0.2, 0) is 9.19 Å². The van der Waals surface area contributed by atoms with Crippen molar-refractivity contribution >= 4 is 15.9 Å². The Balaban J connectivity index is 2.36. The molecular weight excluding hydrogens is 423 g/mol. The number of alkyl halides is 7. The number of hydrogen-bond acceptors (Lipinski definition) is 2. The molecule has 1 aromatic carbocycles. The van der Waals surface area contributed by atoms with Crippen LogP contribution in [0.25, 0.3) is 0 Å². The number of ether oxygens (including phenoxy) is 1. The summed E-state index contributed by atoms with van der Waals surface area (Å²) in [7, 11) is 0. The van der Waals surface area contributed by atoms with Crippen LogP contribution in [0.5, 0.6) is 0 Å². The quantitative estimate of drug-likeness (QED) is 0.398. The van der Waals surface area contributed by atoms with Crippen molar-refractivity contribution in [2.24, 2.45) is 0 Å². The van der Waals surface area contributed by atoms with Crippen molar-refractivity contribution in [2.45, 2.75) is 29.8 Å². The van der Waals surface area contributed by atoms with Gasteiger partial charge in [0, 0.05) is 11.6 Å². The lowest BCUT2D eigenvalue weighted by Gasteiger charge is -2.34. The van der Waals surface area contributed by atoms with Crippen LogP contribution >= 0.6 is 15.9 Å². The van der Waals surface area contributed by atoms with E-state index in [4.69, 9.17) is 0 Å². The Morgan fingerprint density at radius 3 is 2.16 bits per heavy atom. The molecule has 0 aromatic heterocycles. The first kappa shape index (κ1) is 19.6. The van der Waals surface area contributed by atoms with E-state index in [1.807, 2.05) is 0 Å². The first-order valence-electron chi connectivity index (χ1n) is 6.76. The molecule has 0 radical (unpaired) electrons. The zero-order valence-electron chi connectivity index (χ0n) is 12.5. The van der Waals surface area contributed by atoms with Crippen LogP contribution in [0.4, 0.5) is 30.7 Å². The molecule has 1 heterocycles. The minimum Gasteiger partial charge on any atom is -0.457 e. The van der Waals surface area contributed by atoms with Crippen LogP contribution in [-0.4, -0.2) is 18.5 Å². The van der Waals surface area contributed by atoms with Crippen LogP contribution in [0.1, 0.15) is 12.5 Å². The van der Waals surface area contributed by atoms with E-state index in [2.05, 4.69) is 26.0 Å². The maximum absolute atomic E-state index is 14.0. The molecular formula is C15H11BrF7NO. The van der Waals surface area contributed by atoms with E-state index in [0.29, 0.717) is 0 Å². The monoisotopic (exact) mass is 433 g/mol. The Morgan fingerprint density at radius 2 is 1.64 bits per heavy atom. The Hall–Kier alpha value is -1.71. The van der Waals surface area contributed by atoms with Crippen molar-refractivity contribution in [3.05, 3.63) is 59.3 Å². The molecule has 0 fully saturated rings. The summed E-state index contributed by atoms with van der Waals surface area (Å²) in [4.78, 5) is 0. The van der Waals surface area contributed by atoms with Gasteiger partial charge >= 0.3 is 12.4 Å². The smallest absolute Gasteiger partial charge is 0.434 e. The minimum absolute atomic E-state index is 0.0286. The van der Waals surface area contributed by atoms with Crippen LogP contribution in [0.15, 0.2) is 47.9 Å². The van der Waals surface area contributed by atoms with Crippen molar-refractivity contribution in [2.75, 3.05) is 0 Å². The van der Waals surface area contributed by atoms with Gasteiger partial charge < -0.3 is 10.1 Å². The normalized spacial score (nSPS) is 21.5. The highest BCUT2D eigenvalue weighted by molar-refractivity contribution is 9.09. The maximum atomic E-state index is 14.0. The van der Waals surface area contributed by atoms with Gasteiger partial charge in [-0.25, -0.2) is 4.39 Å². The summed E-state index contributed by atoms with van der Waals surface area (Å²) >= 11 is 3.12. The van der Waals surface area contributed by atoms with Gasteiger partial charge in [-0.1, -0.05) is 34.1 Å². The molecule has 1 N–H and O–H groups in total. The third-order valence-corrected chi connectivity index (χ3v) is 4.05. The number of hydrogen-bond donors (Lipinski definition) is 1. The molecule has 1 aliphatic rings. The fourth-order valence-corrected chi connectivity index (χ4v) is 3.10. The van der Waals surface area contributed by atoms with Gasteiger partial charge in [0.05, 0.1) is 0 Å². The Bertz CT molecular complexity index is 697. The molecule has 2 nitrogen and oxygen atoms in total. The fraction of sp³-hybridized carbons (Fsp3) is 0.333. The van der Waals surface area contributed by atoms with Crippen molar-refractivity contribution in [3.8, 4) is 0 Å². The van der Waals surface area contributed by atoms with Gasteiger partial charge in [0.1, 0.15) is 10.3 Å². The number of benzene rings is 1. The van der Waals surface area contributed by atoms with Crippen molar-refractivity contribution in [3.63, 3.8) is 0 Å². The lowest BCUT2D eigenvalue weighted by Crippen LogP contribution is -2.47. The van der Waals surface area contributed by atoms with Gasteiger partial charge in [0.25, 0.3) is 6.10 Å². The molecule has 1 aromatic rings. The molecule has 0 saturated carbocycles. The molecule has 0 amide bonds. The average Bonchev–Trinajstić information content (AvgIpc) is 2.41. The lowest BCUT2D eigenvalue weighted by atomic mass is 10.0. The SMILES string of the molecule is CC1=CC(Br)(c2ccccc2F)NC(OC(C(F)(F)F)C(F)(F)F)=C1. The molecule has 1 unspecified atom stereocenters. The lowest BCUT2D eigenvalue weighted by molar-refractivity contribution is -0.314. The first-order valence-corrected chi connectivity index (χ1v) is 7.55. The Labute approximate surface area is 146 Å². The highest BCUT2D eigenvalue weighted by Gasteiger charge is 2.59. The minimum atomic E-state index is -5.66. The topological polar surface area (TPSA) is 21.3 Å². The van der Waals surface area contributed by atoms with E-state index in [0.717, 1.165) is 12.1 Å². The molecule has 0 spiro atoms. The molecule has 10 heteroatoms. The third kappa shape index (κ3) is 4.47. The zero-order valence-corrected chi connectivity index (χ0v) is 14.1. The van der Waals surface area contributed by atoms with Crippen molar-refractivity contribution < 1.29 is 35.5 Å². The van der Waals surface area contributed by atoms with Crippen LogP contribution in [0, 0.1) is 5.82 Å². The average molecular weight is 434 g/mol. The van der Waals surface area contributed by atoms with Gasteiger partial charge in [0.2, 0.25) is 0 Å². The predicted molar refractivity (Wildman–Crippen MR) is 79.0 cm³/mol. The second-order valence-corrected chi connectivity index (χ2v) is 6.55. The Kier molecular flexibility index (Phi) is 5.13. The summed E-state index contributed by atoms with van der Waals surface area (Å²) in [5.41, 5.74) is 0.246. The van der Waals surface area contributed by atoms with E-state index in [-0.39, 0.29) is 11.1 Å². The zero-order chi connectivity index (χ0) is 19.0. The van der Waals surface area contributed by atoms with Crippen LogP contribution in [0.3, 0.4) is 0 Å². The van der Waals surface area contributed by atoms with E-state index < -0.39 is 34.6 Å². The van der Waals surface area contributed by atoms with Gasteiger partial charge in [-0.05, 0) is 24.6 Å². The third-order valence-electron chi connectivity index (χ3n) is 3.20. The first-order chi connectivity index (χ1) is 11.3. The van der Waals surface area contributed by atoms with Gasteiger partial charge in [-0.15, -0.1) is 0 Å².